The van der Waals surface area contributed by atoms with E-state index < -0.39 is 0 Å². The molecule has 4 heteroatoms. The smallest absolute Gasteiger partial charge is 0.146 e. The number of hydrogen-bond donors (Lipinski definition) is 0. The topological polar surface area (TPSA) is 47.8 Å². The number of Topliss-reactive ketones (excluding diaryl/α,β-unsaturated/α-hetero) is 1. The second kappa shape index (κ2) is 4.36. The van der Waals surface area contributed by atoms with Gasteiger partial charge in [-0.05, 0) is 19.8 Å². The lowest BCUT2D eigenvalue weighted by molar-refractivity contribution is -0.127. The standard InChI is InChI=1S/C12H19N3O/c1-3-15-11(13-9-14-15)8-10(16)12(2)6-4-5-7-12/h9H,3-8H2,1-2H3. The van der Waals surface area contributed by atoms with E-state index in [2.05, 4.69) is 17.0 Å². The maximum Gasteiger partial charge on any atom is 0.146 e. The van der Waals surface area contributed by atoms with Crippen LogP contribution in [0.4, 0.5) is 0 Å². The van der Waals surface area contributed by atoms with Gasteiger partial charge in [0, 0.05) is 12.0 Å². The zero-order chi connectivity index (χ0) is 11.6. The Balaban J connectivity index is 2.07. The van der Waals surface area contributed by atoms with Gasteiger partial charge in [0.1, 0.15) is 17.9 Å². The summed E-state index contributed by atoms with van der Waals surface area (Å²) in [5.41, 5.74) is -0.107. The monoisotopic (exact) mass is 221 g/mol. The number of hydrogen-bond acceptors (Lipinski definition) is 3. The molecular formula is C12H19N3O. The Kier molecular flexibility index (Phi) is 3.08. The molecule has 0 bridgehead atoms. The quantitative estimate of drug-likeness (QED) is 0.781. The predicted octanol–water partition coefficient (Wildman–Crippen LogP) is 1.99. The molecular weight excluding hydrogens is 202 g/mol. The molecule has 0 N–H and O–H groups in total. The van der Waals surface area contributed by atoms with E-state index in [4.69, 9.17) is 0 Å². The average molecular weight is 221 g/mol. The van der Waals surface area contributed by atoms with E-state index in [1.54, 1.807) is 4.68 Å². The highest BCUT2D eigenvalue weighted by Crippen LogP contribution is 2.38. The number of ketones is 1. The van der Waals surface area contributed by atoms with Crippen LogP contribution in [0.25, 0.3) is 0 Å². The lowest BCUT2D eigenvalue weighted by Gasteiger charge is -2.21. The van der Waals surface area contributed by atoms with E-state index in [0.29, 0.717) is 12.2 Å². The molecule has 0 atom stereocenters. The van der Waals surface area contributed by atoms with E-state index in [1.165, 1.54) is 19.2 Å². The van der Waals surface area contributed by atoms with Gasteiger partial charge in [0.15, 0.2) is 0 Å². The molecule has 1 aromatic heterocycles. The Morgan fingerprint density at radius 2 is 2.19 bits per heavy atom. The summed E-state index contributed by atoms with van der Waals surface area (Å²) in [4.78, 5) is 16.4. The van der Waals surface area contributed by atoms with Gasteiger partial charge in [-0.2, -0.15) is 5.10 Å². The zero-order valence-electron chi connectivity index (χ0n) is 10.1. The molecule has 88 valence electrons. The first kappa shape index (κ1) is 11.3. The summed E-state index contributed by atoms with van der Waals surface area (Å²) in [5.74, 6) is 1.13. The van der Waals surface area contributed by atoms with Crippen molar-refractivity contribution in [3.63, 3.8) is 0 Å². The normalized spacial score (nSPS) is 18.9. The van der Waals surface area contributed by atoms with Crippen LogP contribution in [0.2, 0.25) is 0 Å². The Hall–Kier alpha value is -1.19. The van der Waals surface area contributed by atoms with Crippen molar-refractivity contribution in [1.29, 1.82) is 0 Å². The maximum absolute atomic E-state index is 12.2. The molecule has 1 saturated carbocycles. The summed E-state index contributed by atoms with van der Waals surface area (Å²) in [6.07, 6.45) is 6.40. The number of aromatic nitrogens is 3. The first-order valence-electron chi connectivity index (χ1n) is 6.06. The van der Waals surface area contributed by atoms with Crippen molar-refractivity contribution in [3.05, 3.63) is 12.2 Å². The summed E-state index contributed by atoms with van der Waals surface area (Å²) < 4.78 is 1.80. The molecule has 1 aliphatic rings. The van der Waals surface area contributed by atoms with Gasteiger partial charge in [0.2, 0.25) is 0 Å². The molecule has 4 nitrogen and oxygen atoms in total. The van der Waals surface area contributed by atoms with Gasteiger partial charge in [-0.25, -0.2) is 9.67 Å². The van der Waals surface area contributed by atoms with Gasteiger partial charge >= 0.3 is 0 Å². The van der Waals surface area contributed by atoms with Crippen LogP contribution in [0, 0.1) is 5.41 Å². The summed E-state index contributed by atoms with van der Waals surface area (Å²) >= 11 is 0. The minimum absolute atomic E-state index is 0.107. The molecule has 16 heavy (non-hydrogen) atoms. The molecule has 0 spiro atoms. The van der Waals surface area contributed by atoms with Crippen molar-refractivity contribution in [2.24, 2.45) is 5.41 Å². The molecule has 0 unspecified atom stereocenters. The summed E-state index contributed by atoms with van der Waals surface area (Å²) in [6.45, 7) is 4.88. The molecule has 0 radical (unpaired) electrons. The van der Waals surface area contributed by atoms with Crippen molar-refractivity contribution in [2.75, 3.05) is 0 Å². The van der Waals surface area contributed by atoms with Gasteiger partial charge in [-0.3, -0.25) is 4.79 Å². The third kappa shape index (κ3) is 2.01. The van der Waals surface area contributed by atoms with Crippen LogP contribution in [0.15, 0.2) is 6.33 Å². The van der Waals surface area contributed by atoms with Gasteiger partial charge < -0.3 is 0 Å². The van der Waals surface area contributed by atoms with E-state index in [0.717, 1.165) is 25.2 Å². The third-order valence-corrected chi connectivity index (χ3v) is 3.69. The highest BCUT2D eigenvalue weighted by Gasteiger charge is 2.36. The first-order chi connectivity index (χ1) is 7.65. The summed E-state index contributed by atoms with van der Waals surface area (Å²) in [5, 5.41) is 4.09. The molecule has 0 saturated heterocycles. The molecule has 1 aromatic rings. The molecule has 1 fully saturated rings. The maximum atomic E-state index is 12.2. The number of rotatable bonds is 4. The highest BCUT2D eigenvalue weighted by molar-refractivity contribution is 5.86. The molecule has 0 amide bonds. The summed E-state index contributed by atoms with van der Waals surface area (Å²) in [6, 6.07) is 0. The fourth-order valence-corrected chi connectivity index (χ4v) is 2.48. The van der Waals surface area contributed by atoms with E-state index in [-0.39, 0.29) is 5.41 Å². The van der Waals surface area contributed by atoms with E-state index >= 15 is 0 Å². The first-order valence-corrected chi connectivity index (χ1v) is 6.06. The van der Waals surface area contributed by atoms with Gasteiger partial charge in [0.25, 0.3) is 0 Å². The molecule has 2 rings (SSSR count). The molecule has 1 heterocycles. The minimum atomic E-state index is -0.107. The SMILES string of the molecule is CCn1ncnc1CC(=O)C1(C)CCCC1. The van der Waals surface area contributed by atoms with Crippen LogP contribution in [-0.4, -0.2) is 20.5 Å². The summed E-state index contributed by atoms with van der Waals surface area (Å²) in [7, 11) is 0. The Morgan fingerprint density at radius 1 is 1.50 bits per heavy atom. The van der Waals surface area contributed by atoms with E-state index in [9.17, 15) is 4.79 Å². The van der Waals surface area contributed by atoms with Crippen LogP contribution < -0.4 is 0 Å². The number of carbonyl (C=O) groups is 1. The fourth-order valence-electron chi connectivity index (χ4n) is 2.48. The lowest BCUT2D eigenvalue weighted by Crippen LogP contribution is -2.27. The molecule has 1 aliphatic carbocycles. The van der Waals surface area contributed by atoms with Crippen molar-refractivity contribution in [1.82, 2.24) is 14.8 Å². The number of aryl methyl sites for hydroxylation is 1. The van der Waals surface area contributed by atoms with Crippen LogP contribution in [0.3, 0.4) is 0 Å². The zero-order valence-corrected chi connectivity index (χ0v) is 10.1. The van der Waals surface area contributed by atoms with Crippen molar-refractivity contribution in [3.8, 4) is 0 Å². The van der Waals surface area contributed by atoms with Gasteiger partial charge in [-0.1, -0.05) is 19.8 Å². The van der Waals surface area contributed by atoms with E-state index in [1.807, 2.05) is 6.92 Å². The molecule has 0 aliphatic heterocycles. The highest BCUT2D eigenvalue weighted by atomic mass is 16.1. The van der Waals surface area contributed by atoms with Crippen LogP contribution in [0.5, 0.6) is 0 Å². The fraction of sp³-hybridized carbons (Fsp3) is 0.750. The van der Waals surface area contributed by atoms with Gasteiger partial charge in [0.05, 0.1) is 6.42 Å². The Morgan fingerprint density at radius 3 is 2.81 bits per heavy atom. The van der Waals surface area contributed by atoms with Crippen LogP contribution in [0.1, 0.15) is 45.4 Å². The third-order valence-electron chi connectivity index (χ3n) is 3.69. The lowest BCUT2D eigenvalue weighted by atomic mass is 9.82. The average Bonchev–Trinajstić information content (AvgIpc) is 2.87. The van der Waals surface area contributed by atoms with Crippen molar-refractivity contribution < 1.29 is 4.79 Å². The minimum Gasteiger partial charge on any atom is -0.299 e. The predicted molar refractivity (Wildman–Crippen MR) is 61.0 cm³/mol. The number of nitrogens with zero attached hydrogens (tertiary/aromatic N) is 3. The van der Waals surface area contributed by atoms with Crippen LogP contribution >= 0.6 is 0 Å². The second-order valence-electron chi connectivity index (χ2n) is 4.86. The van der Waals surface area contributed by atoms with Crippen molar-refractivity contribution in [2.45, 2.75) is 52.5 Å². The molecule has 0 aromatic carbocycles. The Bertz CT molecular complexity index is 377. The van der Waals surface area contributed by atoms with Crippen LogP contribution in [-0.2, 0) is 17.8 Å². The largest absolute Gasteiger partial charge is 0.299 e. The van der Waals surface area contributed by atoms with Crippen molar-refractivity contribution >= 4 is 5.78 Å². The van der Waals surface area contributed by atoms with Gasteiger partial charge in [-0.15, -0.1) is 0 Å². The number of carbonyl (C=O) groups excluding carboxylic acids is 1. The Labute approximate surface area is 96.1 Å². The second-order valence-corrected chi connectivity index (χ2v) is 4.86.